The summed E-state index contributed by atoms with van der Waals surface area (Å²) >= 11 is 0. The number of nitrogens with two attached hydrogens (primary N) is 1. The maximum atomic E-state index is 11.8. The SMILES string of the molecule is CCN(CC)C(=O)CN1CCC(N)CC1.Cl.Cl. The van der Waals surface area contributed by atoms with Gasteiger partial charge >= 0.3 is 0 Å². The number of likely N-dealkylation sites (tertiary alicyclic amines) is 1. The lowest BCUT2D eigenvalue weighted by atomic mass is 10.1. The van der Waals surface area contributed by atoms with Crippen molar-refractivity contribution in [3.63, 3.8) is 0 Å². The fraction of sp³-hybridized carbons (Fsp3) is 0.909. The van der Waals surface area contributed by atoms with Crippen LogP contribution in [0.3, 0.4) is 0 Å². The fourth-order valence-electron chi connectivity index (χ4n) is 1.98. The van der Waals surface area contributed by atoms with Gasteiger partial charge in [0.2, 0.25) is 5.91 Å². The van der Waals surface area contributed by atoms with Gasteiger partial charge in [-0.15, -0.1) is 24.8 Å². The van der Waals surface area contributed by atoms with Crippen molar-refractivity contribution < 1.29 is 4.79 Å². The van der Waals surface area contributed by atoms with E-state index in [4.69, 9.17) is 5.73 Å². The lowest BCUT2D eigenvalue weighted by molar-refractivity contribution is -0.132. The average molecular weight is 286 g/mol. The van der Waals surface area contributed by atoms with Gasteiger partial charge in [0.15, 0.2) is 0 Å². The van der Waals surface area contributed by atoms with Crippen LogP contribution in [-0.2, 0) is 4.79 Å². The molecule has 0 aliphatic carbocycles. The van der Waals surface area contributed by atoms with Gasteiger partial charge in [0, 0.05) is 32.2 Å². The minimum atomic E-state index is 0. The first-order valence-corrected chi connectivity index (χ1v) is 5.93. The molecule has 17 heavy (non-hydrogen) atoms. The number of hydrogen-bond acceptors (Lipinski definition) is 3. The Labute approximate surface area is 117 Å². The second kappa shape index (κ2) is 9.95. The van der Waals surface area contributed by atoms with Gasteiger partial charge in [-0.25, -0.2) is 0 Å². The van der Waals surface area contributed by atoms with E-state index in [0.29, 0.717) is 12.6 Å². The number of nitrogens with zero attached hydrogens (tertiary/aromatic N) is 2. The van der Waals surface area contributed by atoms with Gasteiger partial charge in [0.1, 0.15) is 0 Å². The van der Waals surface area contributed by atoms with Crippen LogP contribution in [-0.4, -0.2) is 54.5 Å². The molecule has 0 radical (unpaired) electrons. The molecule has 1 heterocycles. The molecule has 1 saturated heterocycles. The van der Waals surface area contributed by atoms with E-state index in [2.05, 4.69) is 4.90 Å². The molecular weight excluding hydrogens is 261 g/mol. The molecule has 0 aromatic rings. The summed E-state index contributed by atoms with van der Waals surface area (Å²) < 4.78 is 0. The normalized spacial score (nSPS) is 16.9. The lowest BCUT2D eigenvalue weighted by Crippen LogP contribution is -2.45. The van der Waals surface area contributed by atoms with Crippen molar-refractivity contribution in [1.29, 1.82) is 0 Å². The van der Waals surface area contributed by atoms with Crippen LogP contribution in [0.5, 0.6) is 0 Å². The largest absolute Gasteiger partial charge is 0.342 e. The molecule has 0 aromatic carbocycles. The van der Waals surface area contributed by atoms with E-state index in [1.54, 1.807) is 0 Å². The van der Waals surface area contributed by atoms with Gasteiger partial charge in [0.25, 0.3) is 0 Å². The van der Waals surface area contributed by atoms with E-state index >= 15 is 0 Å². The van der Waals surface area contributed by atoms with E-state index < -0.39 is 0 Å². The monoisotopic (exact) mass is 285 g/mol. The number of carbonyl (C=O) groups excluding carboxylic acids is 1. The van der Waals surface area contributed by atoms with E-state index in [9.17, 15) is 4.79 Å². The zero-order valence-electron chi connectivity index (χ0n) is 10.7. The molecule has 4 nitrogen and oxygen atoms in total. The highest BCUT2D eigenvalue weighted by atomic mass is 35.5. The number of amides is 1. The molecule has 0 bridgehead atoms. The number of carbonyl (C=O) groups is 1. The quantitative estimate of drug-likeness (QED) is 0.842. The standard InChI is InChI=1S/C11H23N3O.2ClH/c1-3-14(4-2)11(15)9-13-7-5-10(12)6-8-13;;/h10H,3-9,12H2,1-2H3;2*1H. The molecule has 6 heteroatoms. The van der Waals surface area contributed by atoms with Gasteiger partial charge in [-0.05, 0) is 26.7 Å². The second-order valence-electron chi connectivity index (χ2n) is 4.18. The van der Waals surface area contributed by atoms with Crippen LogP contribution in [0.4, 0.5) is 0 Å². The van der Waals surface area contributed by atoms with Crippen LogP contribution in [0.25, 0.3) is 0 Å². The van der Waals surface area contributed by atoms with Crippen molar-refractivity contribution in [3.05, 3.63) is 0 Å². The molecule has 2 N–H and O–H groups in total. The van der Waals surface area contributed by atoms with Crippen LogP contribution < -0.4 is 5.73 Å². The van der Waals surface area contributed by atoms with Crippen LogP contribution in [0.1, 0.15) is 26.7 Å². The zero-order valence-corrected chi connectivity index (χ0v) is 12.4. The van der Waals surface area contributed by atoms with Crippen molar-refractivity contribution in [2.45, 2.75) is 32.7 Å². The summed E-state index contributed by atoms with van der Waals surface area (Å²) in [6, 6.07) is 0.338. The predicted octanol–water partition coefficient (Wildman–Crippen LogP) is 1.12. The zero-order chi connectivity index (χ0) is 11.3. The molecule has 104 valence electrons. The van der Waals surface area contributed by atoms with E-state index in [1.807, 2.05) is 18.7 Å². The Balaban J connectivity index is 0. The molecule has 0 atom stereocenters. The van der Waals surface area contributed by atoms with Crippen molar-refractivity contribution in [2.75, 3.05) is 32.7 Å². The van der Waals surface area contributed by atoms with Crippen LogP contribution in [0.15, 0.2) is 0 Å². The number of piperidine rings is 1. The highest BCUT2D eigenvalue weighted by Crippen LogP contribution is 2.08. The number of likely N-dealkylation sites (N-methyl/N-ethyl adjacent to an activating group) is 1. The van der Waals surface area contributed by atoms with Crippen molar-refractivity contribution in [3.8, 4) is 0 Å². The minimum Gasteiger partial charge on any atom is -0.342 e. The van der Waals surface area contributed by atoms with E-state index in [1.165, 1.54) is 0 Å². The van der Waals surface area contributed by atoms with Gasteiger partial charge < -0.3 is 10.6 Å². The Kier molecular flexibility index (Phi) is 11.3. The molecular formula is C11H25Cl2N3O. The number of rotatable bonds is 4. The van der Waals surface area contributed by atoms with Gasteiger partial charge in [0.05, 0.1) is 6.54 Å². The van der Waals surface area contributed by atoms with Crippen LogP contribution in [0, 0.1) is 0 Å². The van der Waals surface area contributed by atoms with Crippen molar-refractivity contribution >= 4 is 30.7 Å². The Bertz CT molecular complexity index is 205. The lowest BCUT2D eigenvalue weighted by Gasteiger charge is -2.31. The van der Waals surface area contributed by atoms with Crippen LogP contribution >= 0.6 is 24.8 Å². The molecule has 0 unspecified atom stereocenters. The molecule has 1 amide bonds. The summed E-state index contributed by atoms with van der Waals surface area (Å²) in [6.07, 6.45) is 2.04. The number of hydrogen-bond donors (Lipinski definition) is 1. The Hall–Kier alpha value is -0.0300. The van der Waals surface area contributed by atoms with E-state index in [0.717, 1.165) is 39.0 Å². The predicted molar refractivity (Wildman–Crippen MR) is 76.1 cm³/mol. The summed E-state index contributed by atoms with van der Waals surface area (Å²) in [5, 5.41) is 0. The third-order valence-corrected chi connectivity index (χ3v) is 3.11. The first-order valence-electron chi connectivity index (χ1n) is 5.93. The summed E-state index contributed by atoms with van der Waals surface area (Å²) in [4.78, 5) is 15.9. The summed E-state index contributed by atoms with van der Waals surface area (Å²) in [7, 11) is 0. The third-order valence-electron chi connectivity index (χ3n) is 3.11. The smallest absolute Gasteiger partial charge is 0.236 e. The summed E-state index contributed by atoms with van der Waals surface area (Å²) in [5.74, 6) is 0.246. The molecule has 0 saturated carbocycles. The molecule has 1 fully saturated rings. The maximum Gasteiger partial charge on any atom is 0.236 e. The van der Waals surface area contributed by atoms with Gasteiger partial charge in [-0.1, -0.05) is 0 Å². The molecule has 0 spiro atoms. The maximum absolute atomic E-state index is 11.8. The van der Waals surface area contributed by atoms with Gasteiger partial charge in [-0.2, -0.15) is 0 Å². The van der Waals surface area contributed by atoms with Crippen molar-refractivity contribution in [2.24, 2.45) is 5.73 Å². The topological polar surface area (TPSA) is 49.6 Å². The first-order chi connectivity index (χ1) is 7.17. The highest BCUT2D eigenvalue weighted by Gasteiger charge is 2.19. The summed E-state index contributed by atoms with van der Waals surface area (Å²) in [6.45, 7) is 8.16. The first kappa shape index (κ1) is 19.3. The Morgan fingerprint density at radius 2 is 1.71 bits per heavy atom. The van der Waals surface area contributed by atoms with E-state index in [-0.39, 0.29) is 30.7 Å². The summed E-state index contributed by atoms with van der Waals surface area (Å²) in [5.41, 5.74) is 5.82. The number of halogens is 2. The molecule has 0 aromatic heterocycles. The molecule has 1 rings (SSSR count). The minimum absolute atomic E-state index is 0. The second-order valence-corrected chi connectivity index (χ2v) is 4.18. The van der Waals surface area contributed by atoms with Gasteiger partial charge in [-0.3, -0.25) is 9.69 Å². The fourth-order valence-corrected chi connectivity index (χ4v) is 1.98. The van der Waals surface area contributed by atoms with Crippen LogP contribution in [0.2, 0.25) is 0 Å². The highest BCUT2D eigenvalue weighted by molar-refractivity contribution is 5.85. The third kappa shape index (κ3) is 6.46. The average Bonchev–Trinajstić information content (AvgIpc) is 2.23. The Morgan fingerprint density at radius 3 is 2.12 bits per heavy atom. The molecule has 1 aliphatic heterocycles. The Morgan fingerprint density at radius 1 is 1.24 bits per heavy atom. The molecule has 1 aliphatic rings. The van der Waals surface area contributed by atoms with Crippen molar-refractivity contribution in [1.82, 2.24) is 9.80 Å².